The van der Waals surface area contributed by atoms with Gasteiger partial charge in [0.05, 0.1) is 12.6 Å². The van der Waals surface area contributed by atoms with E-state index in [0.717, 1.165) is 0 Å². The van der Waals surface area contributed by atoms with Crippen LogP contribution in [0.2, 0.25) is 0 Å². The molecule has 1 aromatic heterocycles. The van der Waals surface area contributed by atoms with Crippen LogP contribution >= 0.6 is 11.3 Å². The topological polar surface area (TPSA) is 39.7 Å². The molecule has 0 aliphatic heterocycles. The number of rotatable bonds is 6. The molecular weight excluding hydrogens is 342 g/mol. The second kappa shape index (κ2) is 8.92. The second-order valence-electron chi connectivity index (χ2n) is 5.95. The summed E-state index contributed by atoms with van der Waals surface area (Å²) in [4.78, 5) is 7.19. The van der Waals surface area contributed by atoms with Gasteiger partial charge in [-0.1, -0.05) is 6.07 Å². The standard InChI is InChI=1S/C18H24F2N4S/c1-12-8-9-25-16(12)11-23-18(21-2)22-10-15(24(3)4)17-13(19)6-5-7-14(17)20/h5-9,15H,10-11H2,1-4H3,(H2,21,22,23). The quantitative estimate of drug-likeness (QED) is 0.609. The fourth-order valence-electron chi connectivity index (χ4n) is 2.54. The maximum absolute atomic E-state index is 14.1. The van der Waals surface area contributed by atoms with Crippen LogP contribution in [0.5, 0.6) is 0 Å². The third kappa shape index (κ3) is 4.99. The average Bonchev–Trinajstić information content (AvgIpc) is 2.97. The van der Waals surface area contributed by atoms with Crippen molar-refractivity contribution in [1.82, 2.24) is 15.5 Å². The Morgan fingerprint density at radius 3 is 2.40 bits per heavy atom. The summed E-state index contributed by atoms with van der Waals surface area (Å²) in [5.41, 5.74) is 1.29. The lowest BCUT2D eigenvalue weighted by molar-refractivity contribution is 0.282. The zero-order valence-corrected chi connectivity index (χ0v) is 15.8. The molecular formula is C18H24F2N4S. The number of benzene rings is 1. The Labute approximate surface area is 151 Å². The van der Waals surface area contributed by atoms with Gasteiger partial charge in [0.1, 0.15) is 11.6 Å². The van der Waals surface area contributed by atoms with Gasteiger partial charge in [0, 0.05) is 24.0 Å². The SMILES string of the molecule is CN=C(NCc1sccc1C)NCC(c1c(F)cccc1F)N(C)C. The van der Waals surface area contributed by atoms with Crippen molar-refractivity contribution < 1.29 is 8.78 Å². The van der Waals surface area contributed by atoms with Crippen molar-refractivity contribution in [2.24, 2.45) is 4.99 Å². The summed E-state index contributed by atoms with van der Waals surface area (Å²) in [6, 6.07) is 5.55. The third-order valence-corrected chi connectivity index (χ3v) is 5.05. The summed E-state index contributed by atoms with van der Waals surface area (Å²) in [7, 11) is 5.26. The van der Waals surface area contributed by atoms with Gasteiger partial charge < -0.3 is 15.5 Å². The molecule has 0 fully saturated rings. The Bertz CT molecular complexity index is 707. The molecule has 2 aromatic rings. The number of nitrogens with zero attached hydrogens (tertiary/aromatic N) is 2. The molecule has 25 heavy (non-hydrogen) atoms. The van der Waals surface area contributed by atoms with E-state index in [-0.39, 0.29) is 5.56 Å². The van der Waals surface area contributed by atoms with Gasteiger partial charge in [0.15, 0.2) is 5.96 Å². The van der Waals surface area contributed by atoms with E-state index >= 15 is 0 Å². The van der Waals surface area contributed by atoms with Gasteiger partial charge >= 0.3 is 0 Å². The first kappa shape index (κ1) is 19.3. The summed E-state index contributed by atoms with van der Waals surface area (Å²) >= 11 is 1.68. The van der Waals surface area contributed by atoms with Crippen LogP contribution in [0.15, 0.2) is 34.6 Å². The van der Waals surface area contributed by atoms with Crippen molar-refractivity contribution >= 4 is 17.3 Å². The van der Waals surface area contributed by atoms with Crippen LogP contribution in [0, 0.1) is 18.6 Å². The molecule has 0 saturated heterocycles. The fraction of sp³-hybridized carbons (Fsp3) is 0.389. The summed E-state index contributed by atoms with van der Waals surface area (Å²) < 4.78 is 28.2. The molecule has 1 aromatic carbocycles. The maximum Gasteiger partial charge on any atom is 0.191 e. The van der Waals surface area contributed by atoms with Crippen molar-refractivity contribution in [3.05, 3.63) is 57.3 Å². The highest BCUT2D eigenvalue weighted by Gasteiger charge is 2.22. The first-order valence-electron chi connectivity index (χ1n) is 8.01. The van der Waals surface area contributed by atoms with Crippen molar-refractivity contribution in [3.63, 3.8) is 0 Å². The van der Waals surface area contributed by atoms with E-state index in [9.17, 15) is 8.78 Å². The van der Waals surface area contributed by atoms with Gasteiger partial charge in [-0.2, -0.15) is 0 Å². The molecule has 1 heterocycles. The van der Waals surface area contributed by atoms with E-state index in [4.69, 9.17) is 0 Å². The van der Waals surface area contributed by atoms with Gasteiger partial charge in [-0.15, -0.1) is 11.3 Å². The number of thiophene rings is 1. The Morgan fingerprint density at radius 2 is 1.88 bits per heavy atom. The lowest BCUT2D eigenvalue weighted by Gasteiger charge is -2.26. The first-order chi connectivity index (χ1) is 11.9. The first-order valence-corrected chi connectivity index (χ1v) is 8.89. The number of guanidine groups is 1. The molecule has 0 radical (unpaired) electrons. The van der Waals surface area contributed by atoms with Crippen molar-refractivity contribution in [3.8, 4) is 0 Å². The average molecular weight is 366 g/mol. The number of hydrogen-bond acceptors (Lipinski definition) is 3. The molecule has 0 amide bonds. The minimum atomic E-state index is -0.544. The van der Waals surface area contributed by atoms with E-state index in [1.54, 1.807) is 37.4 Å². The maximum atomic E-state index is 14.1. The Hall–Kier alpha value is -1.99. The van der Waals surface area contributed by atoms with Crippen molar-refractivity contribution in [1.29, 1.82) is 0 Å². The van der Waals surface area contributed by atoms with E-state index in [0.29, 0.717) is 19.0 Å². The predicted octanol–water partition coefficient (Wildman–Crippen LogP) is 3.30. The molecule has 136 valence electrons. The lowest BCUT2D eigenvalue weighted by atomic mass is 10.0. The van der Waals surface area contributed by atoms with E-state index in [2.05, 4.69) is 28.6 Å². The van der Waals surface area contributed by atoms with Crippen LogP contribution in [0.1, 0.15) is 22.0 Å². The highest BCUT2D eigenvalue weighted by atomic mass is 32.1. The number of nitrogens with one attached hydrogen (secondary N) is 2. The van der Waals surface area contributed by atoms with Crippen molar-refractivity contribution in [2.75, 3.05) is 27.7 Å². The summed E-state index contributed by atoms with van der Waals surface area (Å²) in [6.45, 7) is 3.05. The van der Waals surface area contributed by atoms with Crippen LogP contribution < -0.4 is 10.6 Å². The zero-order chi connectivity index (χ0) is 18.4. The smallest absolute Gasteiger partial charge is 0.191 e. The van der Waals surface area contributed by atoms with Gasteiger partial charge in [0.2, 0.25) is 0 Å². The normalized spacial score (nSPS) is 13.2. The number of halogens is 2. The summed E-state index contributed by atoms with van der Waals surface area (Å²) in [6.07, 6.45) is 0. The molecule has 0 saturated carbocycles. The molecule has 0 aliphatic carbocycles. The zero-order valence-electron chi connectivity index (χ0n) is 14.9. The van der Waals surface area contributed by atoms with Gasteiger partial charge in [-0.25, -0.2) is 8.78 Å². The number of aryl methyl sites for hydroxylation is 1. The number of likely N-dealkylation sites (N-methyl/N-ethyl adjacent to an activating group) is 1. The van der Waals surface area contributed by atoms with Crippen LogP contribution in [0.25, 0.3) is 0 Å². The lowest BCUT2D eigenvalue weighted by Crippen LogP contribution is -2.41. The van der Waals surface area contributed by atoms with Gasteiger partial charge in [-0.05, 0) is 50.2 Å². The van der Waals surface area contributed by atoms with Crippen LogP contribution in [0.4, 0.5) is 8.78 Å². The molecule has 1 atom stereocenters. The molecule has 0 bridgehead atoms. The van der Waals surface area contributed by atoms with Gasteiger partial charge in [0.25, 0.3) is 0 Å². The molecule has 7 heteroatoms. The number of aliphatic imine (C=N–C) groups is 1. The Kier molecular flexibility index (Phi) is 6.90. The molecule has 1 unspecified atom stereocenters. The summed E-state index contributed by atoms with van der Waals surface area (Å²) in [5, 5.41) is 8.43. The monoisotopic (exact) mass is 366 g/mol. The fourth-order valence-corrected chi connectivity index (χ4v) is 3.38. The highest BCUT2D eigenvalue weighted by molar-refractivity contribution is 7.10. The van der Waals surface area contributed by atoms with E-state index in [1.165, 1.54) is 28.6 Å². The molecule has 0 aliphatic rings. The molecule has 2 N–H and O–H groups in total. The second-order valence-corrected chi connectivity index (χ2v) is 6.95. The van der Waals surface area contributed by atoms with E-state index in [1.807, 2.05) is 5.38 Å². The highest BCUT2D eigenvalue weighted by Crippen LogP contribution is 2.23. The number of hydrogen-bond donors (Lipinski definition) is 2. The van der Waals surface area contributed by atoms with Gasteiger partial charge in [-0.3, -0.25) is 4.99 Å². The minimum Gasteiger partial charge on any atom is -0.354 e. The third-order valence-electron chi connectivity index (χ3n) is 4.03. The molecule has 0 spiro atoms. The molecule has 4 nitrogen and oxygen atoms in total. The Balaban J connectivity index is 2.03. The van der Waals surface area contributed by atoms with Crippen molar-refractivity contribution in [2.45, 2.75) is 19.5 Å². The van der Waals surface area contributed by atoms with Crippen LogP contribution in [-0.4, -0.2) is 38.5 Å². The largest absolute Gasteiger partial charge is 0.354 e. The molecule has 2 rings (SSSR count). The predicted molar refractivity (Wildman–Crippen MR) is 100 cm³/mol. The van der Waals surface area contributed by atoms with Crippen LogP contribution in [-0.2, 0) is 6.54 Å². The minimum absolute atomic E-state index is 0.0598. The van der Waals surface area contributed by atoms with E-state index < -0.39 is 17.7 Å². The summed E-state index contributed by atoms with van der Waals surface area (Å²) in [5.74, 6) is -0.494. The van der Waals surface area contributed by atoms with Crippen LogP contribution in [0.3, 0.4) is 0 Å². The Morgan fingerprint density at radius 1 is 1.20 bits per heavy atom.